The molecule has 0 heterocycles. The summed E-state index contributed by atoms with van der Waals surface area (Å²) in [6.45, 7) is 0. The molecule has 24 valence electrons. The van der Waals surface area contributed by atoms with Gasteiger partial charge in [-0.2, -0.15) is 0 Å². The average molecular weight is 164 g/mol. The molecule has 0 amide bonds. The van der Waals surface area contributed by atoms with Crippen LogP contribution >= 0.6 is 7.91 Å². The molecule has 0 N–H and O–H groups in total. The maximum Gasteiger partial charge on any atom is 1.00 e. The van der Waals surface area contributed by atoms with Crippen LogP contribution in [0, 0.1) is 0 Å². The van der Waals surface area contributed by atoms with Gasteiger partial charge < -0.3 is 4.89 Å². The molecule has 0 bridgehead atoms. The summed E-state index contributed by atoms with van der Waals surface area (Å²) in [5.41, 5.74) is 0. The van der Waals surface area contributed by atoms with E-state index in [4.69, 9.17) is 14.0 Å². The fourth-order valence-corrected chi connectivity index (χ4v) is 0. The van der Waals surface area contributed by atoms with Crippen LogP contribution in [0.15, 0.2) is 0 Å². The third-order valence-corrected chi connectivity index (χ3v) is 0. The first-order valence-electron chi connectivity index (χ1n) is 0.548. The summed E-state index contributed by atoms with van der Waals surface area (Å²) in [6, 6.07) is 0. The first-order chi connectivity index (χ1) is 1.73. The van der Waals surface area contributed by atoms with Gasteiger partial charge >= 0.3 is 58.2 Å². The number of hydrogen-bond donors (Lipinski definition) is 0. The van der Waals surface area contributed by atoms with Crippen molar-refractivity contribution in [3.8, 4) is 0 Å². The van der Waals surface area contributed by atoms with Gasteiger partial charge in [-0.3, -0.25) is 9.13 Å². The van der Waals surface area contributed by atoms with E-state index in [0.717, 1.165) is 0 Å². The summed E-state index contributed by atoms with van der Waals surface area (Å²) in [7, 11) is -3.37. The van der Waals surface area contributed by atoms with Crippen molar-refractivity contribution in [1.82, 2.24) is 0 Å². The SMILES string of the molecule is O=P(=O)[O-].[Rb+]. The Balaban J connectivity index is 0. The molecule has 3 nitrogen and oxygen atoms in total. The maximum atomic E-state index is 8.48. The second kappa shape index (κ2) is 5.67. The fraction of sp³-hybridized carbons (Fsp3) is 0. The van der Waals surface area contributed by atoms with E-state index in [-0.39, 0.29) is 58.2 Å². The Morgan fingerprint density at radius 3 is 1.40 bits per heavy atom. The van der Waals surface area contributed by atoms with E-state index in [1.165, 1.54) is 0 Å². The Kier molecular flexibility index (Phi) is 11.1. The molecule has 0 aromatic rings. The van der Waals surface area contributed by atoms with Crippen LogP contribution in [0.5, 0.6) is 0 Å². The van der Waals surface area contributed by atoms with Crippen molar-refractivity contribution in [1.29, 1.82) is 0 Å². The van der Waals surface area contributed by atoms with Gasteiger partial charge in [-0.25, -0.2) is 0 Å². The van der Waals surface area contributed by atoms with Gasteiger partial charge in [0.15, 0.2) is 0 Å². The zero-order chi connectivity index (χ0) is 3.58. The predicted octanol–water partition coefficient (Wildman–Crippen LogP) is -3.56. The maximum absolute atomic E-state index is 8.48. The van der Waals surface area contributed by atoms with Crippen LogP contribution < -0.4 is 63.1 Å². The van der Waals surface area contributed by atoms with Crippen molar-refractivity contribution in [2.75, 3.05) is 0 Å². The molecule has 0 saturated heterocycles. The average Bonchev–Trinajstić information content (AvgIpc) is 0.811. The monoisotopic (exact) mass is 164 g/mol. The van der Waals surface area contributed by atoms with Gasteiger partial charge in [0.05, 0.1) is 0 Å². The first-order valence-corrected chi connectivity index (χ1v) is 1.64. The van der Waals surface area contributed by atoms with Crippen LogP contribution in [0.25, 0.3) is 0 Å². The zero-order valence-electron chi connectivity index (χ0n) is 2.67. The molecule has 0 spiro atoms. The minimum absolute atomic E-state index is 0. The molecule has 0 aromatic heterocycles. The summed E-state index contributed by atoms with van der Waals surface area (Å²) in [4.78, 5) is 8.48. The Bertz CT molecular complexity index is 55.3. The van der Waals surface area contributed by atoms with Crippen LogP contribution in [0.2, 0.25) is 0 Å². The Labute approximate surface area is 78.5 Å². The molecule has 0 saturated carbocycles. The van der Waals surface area contributed by atoms with Crippen molar-refractivity contribution in [2.24, 2.45) is 0 Å². The van der Waals surface area contributed by atoms with E-state index in [1.807, 2.05) is 0 Å². The molecule has 0 aliphatic rings. The summed E-state index contributed by atoms with van der Waals surface area (Å²) in [6.07, 6.45) is 0. The van der Waals surface area contributed by atoms with Crippen LogP contribution in [-0.2, 0) is 9.13 Å². The standard InChI is InChI=1S/HO3P.Rb/c1-4(2)3;/h(H,1,2,3);/q;+1/p-1. The summed E-state index contributed by atoms with van der Waals surface area (Å²) >= 11 is 0. The zero-order valence-corrected chi connectivity index (χ0v) is 8.48. The van der Waals surface area contributed by atoms with Gasteiger partial charge in [-0.15, -0.1) is 0 Å². The van der Waals surface area contributed by atoms with Gasteiger partial charge in [-0.1, -0.05) is 0 Å². The number of rotatable bonds is 0. The fourth-order valence-electron chi connectivity index (χ4n) is 0. The van der Waals surface area contributed by atoms with Crippen LogP contribution in [0.4, 0.5) is 0 Å². The summed E-state index contributed by atoms with van der Waals surface area (Å²) in [5.74, 6) is 0. The Hall–Kier alpha value is 1.67. The van der Waals surface area contributed by atoms with Crippen molar-refractivity contribution in [2.45, 2.75) is 0 Å². The van der Waals surface area contributed by atoms with Gasteiger partial charge in [0.2, 0.25) is 7.91 Å². The van der Waals surface area contributed by atoms with Gasteiger partial charge in [-0.05, 0) is 0 Å². The van der Waals surface area contributed by atoms with Crippen molar-refractivity contribution in [3.63, 3.8) is 0 Å². The van der Waals surface area contributed by atoms with Crippen molar-refractivity contribution >= 4 is 7.91 Å². The predicted molar refractivity (Wildman–Crippen MR) is 8.29 cm³/mol. The summed E-state index contributed by atoms with van der Waals surface area (Å²) in [5, 5.41) is 0. The van der Waals surface area contributed by atoms with Crippen LogP contribution in [0.3, 0.4) is 0 Å². The van der Waals surface area contributed by atoms with E-state index in [0.29, 0.717) is 0 Å². The van der Waals surface area contributed by atoms with E-state index < -0.39 is 7.91 Å². The normalized spacial score (nSPS) is 5.00. The van der Waals surface area contributed by atoms with Crippen molar-refractivity contribution in [3.05, 3.63) is 0 Å². The molecule has 0 unspecified atom stereocenters. The largest absolute Gasteiger partial charge is 1.00 e. The van der Waals surface area contributed by atoms with Gasteiger partial charge in [0.1, 0.15) is 0 Å². The van der Waals surface area contributed by atoms with Gasteiger partial charge in [0, 0.05) is 0 Å². The Morgan fingerprint density at radius 2 is 1.40 bits per heavy atom. The molecular weight excluding hydrogens is 164 g/mol. The topological polar surface area (TPSA) is 57.2 Å². The van der Waals surface area contributed by atoms with E-state index in [2.05, 4.69) is 0 Å². The third kappa shape index (κ3) is 27.4. The van der Waals surface area contributed by atoms with Crippen molar-refractivity contribution < 1.29 is 72.2 Å². The Morgan fingerprint density at radius 1 is 1.40 bits per heavy atom. The van der Waals surface area contributed by atoms with Crippen LogP contribution in [-0.4, -0.2) is 0 Å². The second-order valence-corrected chi connectivity index (χ2v) is 0.671. The first kappa shape index (κ1) is 9.83. The number of hydrogen-bond acceptors (Lipinski definition) is 3. The molecular formula is O3PRb. The van der Waals surface area contributed by atoms with E-state index in [9.17, 15) is 0 Å². The molecule has 5 heteroatoms. The van der Waals surface area contributed by atoms with E-state index >= 15 is 0 Å². The van der Waals surface area contributed by atoms with Gasteiger partial charge in [0.25, 0.3) is 0 Å². The third-order valence-electron chi connectivity index (χ3n) is 0. The molecule has 0 fully saturated rings. The molecule has 5 heavy (non-hydrogen) atoms. The van der Waals surface area contributed by atoms with E-state index in [1.54, 1.807) is 0 Å². The minimum atomic E-state index is -3.37. The summed E-state index contributed by atoms with van der Waals surface area (Å²) < 4.78 is 17.0. The molecule has 0 aromatic carbocycles. The quantitative estimate of drug-likeness (QED) is 0.348. The molecule has 0 aliphatic carbocycles. The minimum Gasteiger partial charge on any atom is -0.744 e. The van der Waals surface area contributed by atoms with Crippen LogP contribution in [0.1, 0.15) is 0 Å². The molecule has 0 radical (unpaired) electrons. The molecule has 0 rings (SSSR count). The molecule has 0 aliphatic heterocycles. The molecule has 0 atom stereocenters. The second-order valence-electron chi connectivity index (χ2n) is 0.224. The smallest absolute Gasteiger partial charge is 0.744 e.